The maximum Gasteiger partial charge on any atom is 0.446 e. The molecule has 0 aliphatic carbocycles. The number of nitrogens with zero attached hydrogens (tertiary/aromatic N) is 2. The van der Waals surface area contributed by atoms with Crippen molar-refractivity contribution in [3.05, 3.63) is 42.2 Å². The van der Waals surface area contributed by atoms with Gasteiger partial charge in [-0.15, -0.1) is 0 Å². The number of amides is 2. The number of rotatable bonds is 4. The van der Waals surface area contributed by atoms with Crippen molar-refractivity contribution >= 4 is 23.5 Å². The number of aryl methyl sites for hydroxylation is 1. The predicted octanol–water partition coefficient (Wildman–Crippen LogP) is 3.35. The summed E-state index contributed by atoms with van der Waals surface area (Å²) in [4.78, 5) is 11.7. The standard InChI is InChI=1S/C13H13F3N4OS/c1-20-8-9(7-18-20)6-17-12(21)19-10-2-4-11(5-3-10)22-13(14,15)16/h2-5,7-8H,6H2,1H3,(H2,17,19,21). The molecule has 0 spiro atoms. The summed E-state index contributed by atoms with van der Waals surface area (Å²) >= 11 is -0.199. The molecular formula is C13H13F3N4OS. The van der Waals surface area contributed by atoms with Gasteiger partial charge in [-0.25, -0.2) is 4.79 Å². The van der Waals surface area contributed by atoms with E-state index in [0.717, 1.165) is 5.56 Å². The Hall–Kier alpha value is -2.16. The summed E-state index contributed by atoms with van der Waals surface area (Å²) in [5.74, 6) is 0. The van der Waals surface area contributed by atoms with E-state index in [0.29, 0.717) is 12.2 Å². The minimum atomic E-state index is -4.32. The van der Waals surface area contributed by atoms with Crippen molar-refractivity contribution in [2.75, 3.05) is 5.32 Å². The second-order valence-electron chi connectivity index (χ2n) is 4.40. The highest BCUT2D eigenvalue weighted by Crippen LogP contribution is 2.36. The fraction of sp³-hybridized carbons (Fsp3) is 0.231. The smallest absolute Gasteiger partial charge is 0.334 e. The number of anilines is 1. The van der Waals surface area contributed by atoms with E-state index < -0.39 is 11.5 Å². The largest absolute Gasteiger partial charge is 0.446 e. The fourth-order valence-corrected chi connectivity index (χ4v) is 2.20. The molecule has 0 aliphatic rings. The Bertz CT molecular complexity index is 639. The summed E-state index contributed by atoms with van der Waals surface area (Å²) in [6.07, 6.45) is 3.40. The van der Waals surface area contributed by atoms with Gasteiger partial charge in [-0.3, -0.25) is 4.68 Å². The Kier molecular flexibility index (Phi) is 4.96. The molecule has 1 aromatic carbocycles. The van der Waals surface area contributed by atoms with Crippen LogP contribution >= 0.6 is 11.8 Å². The van der Waals surface area contributed by atoms with Crippen LogP contribution in [0, 0.1) is 0 Å². The first kappa shape index (κ1) is 16.2. The average molecular weight is 330 g/mol. The summed E-state index contributed by atoms with van der Waals surface area (Å²) in [6.45, 7) is 0.307. The summed E-state index contributed by atoms with van der Waals surface area (Å²) in [5.41, 5.74) is -3.07. The van der Waals surface area contributed by atoms with Crippen LogP contribution in [0.5, 0.6) is 0 Å². The van der Waals surface area contributed by atoms with Gasteiger partial charge in [-0.1, -0.05) is 0 Å². The Morgan fingerprint density at radius 3 is 2.55 bits per heavy atom. The molecule has 22 heavy (non-hydrogen) atoms. The van der Waals surface area contributed by atoms with Gasteiger partial charge in [-0.2, -0.15) is 18.3 Å². The molecule has 0 radical (unpaired) electrons. The number of urea groups is 1. The summed E-state index contributed by atoms with van der Waals surface area (Å²) < 4.78 is 38.2. The SMILES string of the molecule is Cn1cc(CNC(=O)Nc2ccc(SC(F)(F)F)cc2)cn1. The number of aromatic nitrogens is 2. The fourth-order valence-electron chi connectivity index (χ4n) is 1.66. The topological polar surface area (TPSA) is 59.0 Å². The number of nitrogens with one attached hydrogen (secondary N) is 2. The number of benzene rings is 1. The second kappa shape index (κ2) is 6.73. The predicted molar refractivity (Wildman–Crippen MR) is 77.4 cm³/mol. The van der Waals surface area contributed by atoms with E-state index in [1.165, 1.54) is 24.3 Å². The van der Waals surface area contributed by atoms with Crippen LogP contribution in [0.3, 0.4) is 0 Å². The van der Waals surface area contributed by atoms with Crippen molar-refractivity contribution < 1.29 is 18.0 Å². The molecule has 9 heteroatoms. The number of carbonyl (C=O) groups excluding carboxylic acids is 1. The third kappa shape index (κ3) is 5.32. The van der Waals surface area contributed by atoms with Gasteiger partial charge in [0.1, 0.15) is 0 Å². The van der Waals surface area contributed by atoms with E-state index in [2.05, 4.69) is 15.7 Å². The molecule has 0 aliphatic heterocycles. The first-order valence-electron chi connectivity index (χ1n) is 6.20. The normalized spacial score (nSPS) is 11.3. The maximum atomic E-state index is 12.2. The summed E-state index contributed by atoms with van der Waals surface area (Å²) in [7, 11) is 1.77. The summed E-state index contributed by atoms with van der Waals surface area (Å²) in [5, 5.41) is 9.13. The van der Waals surface area contributed by atoms with Gasteiger partial charge in [0.15, 0.2) is 0 Å². The van der Waals surface area contributed by atoms with Gasteiger partial charge in [0.2, 0.25) is 0 Å². The number of halogens is 3. The zero-order valence-corrected chi connectivity index (χ0v) is 12.3. The van der Waals surface area contributed by atoms with Gasteiger partial charge in [-0.05, 0) is 36.0 Å². The molecule has 0 bridgehead atoms. The van der Waals surface area contributed by atoms with Crippen LogP contribution in [0.25, 0.3) is 0 Å². The van der Waals surface area contributed by atoms with E-state index in [4.69, 9.17) is 0 Å². The third-order valence-corrected chi connectivity index (χ3v) is 3.30. The molecule has 2 aromatic rings. The molecule has 118 valence electrons. The molecule has 0 saturated heterocycles. The van der Waals surface area contributed by atoms with Gasteiger partial charge in [0.05, 0.1) is 6.20 Å². The number of hydrogen-bond donors (Lipinski definition) is 2. The van der Waals surface area contributed by atoms with Gasteiger partial charge in [0.25, 0.3) is 0 Å². The highest BCUT2D eigenvalue weighted by Gasteiger charge is 2.28. The first-order chi connectivity index (χ1) is 10.3. The number of carbonyl (C=O) groups is 1. The number of thioether (sulfide) groups is 1. The molecule has 0 fully saturated rings. The van der Waals surface area contributed by atoms with Gasteiger partial charge in [0, 0.05) is 35.9 Å². The van der Waals surface area contributed by atoms with E-state index in [9.17, 15) is 18.0 Å². The van der Waals surface area contributed by atoms with Crippen molar-refractivity contribution in [1.82, 2.24) is 15.1 Å². The van der Waals surface area contributed by atoms with Gasteiger partial charge >= 0.3 is 11.5 Å². The lowest BCUT2D eigenvalue weighted by Crippen LogP contribution is -2.28. The molecular weight excluding hydrogens is 317 g/mol. The maximum absolute atomic E-state index is 12.2. The van der Waals surface area contributed by atoms with Crippen LogP contribution in [0.2, 0.25) is 0 Å². The van der Waals surface area contributed by atoms with Crippen molar-refractivity contribution in [2.45, 2.75) is 16.9 Å². The van der Waals surface area contributed by atoms with Crippen molar-refractivity contribution in [1.29, 1.82) is 0 Å². The van der Waals surface area contributed by atoms with E-state index in [1.54, 1.807) is 24.1 Å². The van der Waals surface area contributed by atoms with Crippen LogP contribution in [0.1, 0.15) is 5.56 Å². The van der Waals surface area contributed by atoms with Gasteiger partial charge < -0.3 is 10.6 Å². The first-order valence-corrected chi connectivity index (χ1v) is 7.02. The molecule has 2 amide bonds. The Balaban J connectivity index is 1.83. The van der Waals surface area contributed by atoms with Crippen LogP contribution in [-0.2, 0) is 13.6 Å². The van der Waals surface area contributed by atoms with E-state index >= 15 is 0 Å². The molecule has 0 atom stereocenters. The Morgan fingerprint density at radius 1 is 1.32 bits per heavy atom. The third-order valence-electron chi connectivity index (χ3n) is 2.56. The lowest BCUT2D eigenvalue weighted by atomic mass is 10.3. The monoisotopic (exact) mass is 330 g/mol. The van der Waals surface area contributed by atoms with Crippen molar-refractivity contribution in [2.24, 2.45) is 7.05 Å². The minimum absolute atomic E-state index is 0.0637. The average Bonchev–Trinajstić information content (AvgIpc) is 2.83. The van der Waals surface area contributed by atoms with E-state index in [-0.39, 0.29) is 16.7 Å². The number of alkyl halides is 3. The molecule has 0 unspecified atom stereocenters. The second-order valence-corrected chi connectivity index (χ2v) is 5.54. The minimum Gasteiger partial charge on any atom is -0.334 e. The number of hydrogen-bond acceptors (Lipinski definition) is 3. The van der Waals surface area contributed by atoms with Crippen molar-refractivity contribution in [3.8, 4) is 0 Å². The van der Waals surface area contributed by atoms with Crippen LogP contribution in [-0.4, -0.2) is 21.3 Å². The zero-order valence-electron chi connectivity index (χ0n) is 11.5. The highest BCUT2D eigenvalue weighted by molar-refractivity contribution is 8.00. The molecule has 5 nitrogen and oxygen atoms in total. The molecule has 1 aromatic heterocycles. The molecule has 0 saturated carbocycles. The van der Waals surface area contributed by atoms with Crippen LogP contribution in [0.4, 0.5) is 23.7 Å². The molecule has 2 rings (SSSR count). The van der Waals surface area contributed by atoms with Crippen LogP contribution in [0.15, 0.2) is 41.6 Å². The quantitative estimate of drug-likeness (QED) is 0.845. The lowest BCUT2D eigenvalue weighted by molar-refractivity contribution is -0.0328. The zero-order chi connectivity index (χ0) is 16.2. The molecule has 2 N–H and O–H groups in total. The Morgan fingerprint density at radius 2 is 2.00 bits per heavy atom. The van der Waals surface area contributed by atoms with E-state index in [1.807, 2.05) is 0 Å². The lowest BCUT2D eigenvalue weighted by Gasteiger charge is -2.08. The summed E-state index contributed by atoms with van der Waals surface area (Å²) in [6, 6.07) is 4.99. The van der Waals surface area contributed by atoms with Crippen molar-refractivity contribution in [3.63, 3.8) is 0 Å². The van der Waals surface area contributed by atoms with Crippen LogP contribution < -0.4 is 10.6 Å². The molecule has 1 heterocycles. The highest BCUT2D eigenvalue weighted by atomic mass is 32.2. The Labute approximate surface area is 128 Å².